The first-order valence-corrected chi connectivity index (χ1v) is 7.97. The highest BCUT2D eigenvalue weighted by molar-refractivity contribution is 7.67. The van der Waals surface area contributed by atoms with Crippen LogP contribution in [0, 0.1) is 0 Å². The summed E-state index contributed by atoms with van der Waals surface area (Å²) in [6.07, 6.45) is 0. The Morgan fingerprint density at radius 3 is 1.56 bits per heavy atom. The highest BCUT2D eigenvalue weighted by atomic mass is 31.2. The van der Waals surface area contributed by atoms with Crippen LogP contribution in [0.25, 0.3) is 0 Å². The Bertz CT molecular complexity index is 409. The van der Waals surface area contributed by atoms with Crippen LogP contribution in [0.4, 0.5) is 0 Å². The van der Waals surface area contributed by atoms with Gasteiger partial charge in [-0.2, -0.15) is 0 Å². The van der Waals surface area contributed by atoms with E-state index in [9.17, 15) is 4.57 Å². The molecular weight excluding hydrogens is 243 g/mol. The Morgan fingerprint density at radius 1 is 0.833 bits per heavy atom. The maximum atomic E-state index is 13.2. The number of hydrogen-bond donors (Lipinski definition) is 2. The standard InChI is InChI=1S/C14H25N2OP/c1-13(2,3)15-18(17,16-14(4,5)6)12-10-8-7-9-11-12/h7-11H,1-6H3,(H2,15,16,17). The van der Waals surface area contributed by atoms with E-state index in [0.717, 1.165) is 5.30 Å². The van der Waals surface area contributed by atoms with Crippen molar-refractivity contribution < 1.29 is 4.57 Å². The second-order valence-electron chi connectivity index (χ2n) is 6.67. The normalized spacial score (nSPS) is 13.7. The van der Waals surface area contributed by atoms with E-state index in [1.807, 2.05) is 71.9 Å². The lowest BCUT2D eigenvalue weighted by Gasteiger charge is -2.34. The molecule has 0 heterocycles. The van der Waals surface area contributed by atoms with Gasteiger partial charge in [0.15, 0.2) is 0 Å². The molecule has 0 atom stereocenters. The molecule has 4 heteroatoms. The molecule has 0 aliphatic rings. The van der Waals surface area contributed by atoms with Crippen LogP contribution >= 0.6 is 7.44 Å². The Labute approximate surface area is 111 Å². The minimum Gasteiger partial charge on any atom is -0.284 e. The molecule has 0 saturated carbocycles. The van der Waals surface area contributed by atoms with Gasteiger partial charge in [0.2, 0.25) is 7.44 Å². The topological polar surface area (TPSA) is 41.1 Å². The quantitative estimate of drug-likeness (QED) is 0.827. The van der Waals surface area contributed by atoms with E-state index in [1.165, 1.54) is 0 Å². The van der Waals surface area contributed by atoms with Crippen molar-refractivity contribution in [3.05, 3.63) is 30.3 Å². The van der Waals surface area contributed by atoms with E-state index in [1.54, 1.807) is 0 Å². The van der Waals surface area contributed by atoms with E-state index >= 15 is 0 Å². The summed E-state index contributed by atoms with van der Waals surface area (Å²) < 4.78 is 13.2. The van der Waals surface area contributed by atoms with Gasteiger partial charge < -0.3 is 0 Å². The zero-order valence-corrected chi connectivity index (χ0v) is 13.1. The first-order valence-electron chi connectivity index (χ1n) is 6.26. The van der Waals surface area contributed by atoms with Crippen LogP contribution in [0.2, 0.25) is 0 Å². The lowest BCUT2D eigenvalue weighted by atomic mass is 10.1. The molecular formula is C14H25N2OP. The molecule has 102 valence electrons. The summed E-state index contributed by atoms with van der Waals surface area (Å²) in [6, 6.07) is 9.56. The van der Waals surface area contributed by atoms with E-state index in [2.05, 4.69) is 10.2 Å². The van der Waals surface area contributed by atoms with Gasteiger partial charge >= 0.3 is 0 Å². The molecule has 18 heavy (non-hydrogen) atoms. The lowest BCUT2D eigenvalue weighted by Crippen LogP contribution is -2.46. The number of benzene rings is 1. The number of hydrogen-bond acceptors (Lipinski definition) is 1. The summed E-state index contributed by atoms with van der Waals surface area (Å²) in [5.74, 6) is 0. The van der Waals surface area contributed by atoms with Crippen LogP contribution in [0.5, 0.6) is 0 Å². The molecule has 0 fully saturated rings. The van der Waals surface area contributed by atoms with Gasteiger partial charge in [0, 0.05) is 16.4 Å². The average molecular weight is 268 g/mol. The zero-order chi connectivity index (χ0) is 14.0. The van der Waals surface area contributed by atoms with Crippen LogP contribution in [-0.2, 0) is 4.57 Å². The Morgan fingerprint density at radius 2 is 1.22 bits per heavy atom. The van der Waals surface area contributed by atoms with Crippen LogP contribution in [0.1, 0.15) is 41.5 Å². The predicted molar refractivity (Wildman–Crippen MR) is 79.5 cm³/mol. The van der Waals surface area contributed by atoms with Gasteiger partial charge in [-0.15, -0.1) is 0 Å². The Hall–Kier alpha value is -0.630. The molecule has 2 N–H and O–H groups in total. The van der Waals surface area contributed by atoms with Gasteiger partial charge in [-0.3, -0.25) is 4.57 Å². The van der Waals surface area contributed by atoms with Crippen LogP contribution < -0.4 is 15.5 Å². The highest BCUT2D eigenvalue weighted by Gasteiger charge is 2.32. The van der Waals surface area contributed by atoms with Gasteiger partial charge in [-0.1, -0.05) is 18.2 Å². The monoisotopic (exact) mass is 268 g/mol. The van der Waals surface area contributed by atoms with Crippen LogP contribution in [0.15, 0.2) is 30.3 Å². The summed E-state index contributed by atoms with van der Waals surface area (Å²) >= 11 is 0. The maximum absolute atomic E-state index is 13.2. The van der Waals surface area contributed by atoms with Crippen molar-refractivity contribution in [1.82, 2.24) is 10.2 Å². The van der Waals surface area contributed by atoms with Gasteiger partial charge in [-0.05, 0) is 53.7 Å². The Kier molecular flexibility index (Phi) is 4.42. The van der Waals surface area contributed by atoms with Gasteiger partial charge in [0.05, 0.1) is 0 Å². The van der Waals surface area contributed by atoms with Crippen molar-refractivity contribution in [2.75, 3.05) is 0 Å². The molecule has 0 amide bonds. The molecule has 0 aromatic heterocycles. The van der Waals surface area contributed by atoms with Gasteiger partial charge in [-0.25, -0.2) is 10.2 Å². The zero-order valence-electron chi connectivity index (χ0n) is 12.2. The summed E-state index contributed by atoms with van der Waals surface area (Å²) in [6.45, 7) is 12.1. The van der Waals surface area contributed by atoms with Crippen molar-refractivity contribution in [2.24, 2.45) is 0 Å². The summed E-state index contributed by atoms with van der Waals surface area (Å²) in [5.41, 5.74) is -0.437. The molecule has 0 saturated heterocycles. The average Bonchev–Trinajstić information content (AvgIpc) is 2.13. The largest absolute Gasteiger partial charge is 0.284 e. The number of nitrogens with one attached hydrogen (secondary N) is 2. The molecule has 1 rings (SSSR count). The van der Waals surface area contributed by atoms with Crippen molar-refractivity contribution in [3.63, 3.8) is 0 Å². The molecule has 0 spiro atoms. The molecule has 0 aliphatic heterocycles. The molecule has 0 bridgehead atoms. The van der Waals surface area contributed by atoms with Crippen molar-refractivity contribution in [1.29, 1.82) is 0 Å². The summed E-state index contributed by atoms with van der Waals surface area (Å²) in [5, 5.41) is 7.31. The smallest absolute Gasteiger partial charge is 0.241 e. The fraction of sp³-hybridized carbons (Fsp3) is 0.571. The van der Waals surface area contributed by atoms with Crippen LogP contribution in [-0.4, -0.2) is 11.1 Å². The molecule has 1 aromatic carbocycles. The SMILES string of the molecule is CC(C)(C)NP(=O)(NC(C)(C)C)c1ccccc1. The van der Waals surface area contributed by atoms with E-state index in [0.29, 0.717) is 0 Å². The second-order valence-corrected chi connectivity index (χ2v) is 8.85. The molecule has 0 radical (unpaired) electrons. The van der Waals surface area contributed by atoms with Crippen molar-refractivity contribution in [2.45, 2.75) is 52.6 Å². The van der Waals surface area contributed by atoms with Gasteiger partial charge in [0.25, 0.3) is 0 Å². The number of rotatable bonds is 3. The van der Waals surface area contributed by atoms with Crippen molar-refractivity contribution >= 4 is 12.7 Å². The minimum atomic E-state index is -2.81. The predicted octanol–water partition coefficient (Wildman–Crippen LogP) is 3.28. The summed E-state index contributed by atoms with van der Waals surface area (Å²) in [4.78, 5) is 0. The second kappa shape index (κ2) is 5.16. The third-order valence-corrected chi connectivity index (χ3v) is 5.10. The maximum Gasteiger partial charge on any atom is 0.241 e. The molecule has 1 aromatic rings. The molecule has 3 nitrogen and oxygen atoms in total. The van der Waals surface area contributed by atoms with Crippen molar-refractivity contribution in [3.8, 4) is 0 Å². The summed E-state index contributed by atoms with van der Waals surface area (Å²) in [7, 11) is -2.81. The van der Waals surface area contributed by atoms with Gasteiger partial charge in [0.1, 0.15) is 0 Å². The third kappa shape index (κ3) is 4.93. The third-order valence-electron chi connectivity index (χ3n) is 2.11. The molecule has 0 unspecified atom stereocenters. The van der Waals surface area contributed by atoms with E-state index in [4.69, 9.17) is 0 Å². The fourth-order valence-corrected chi connectivity index (χ4v) is 4.54. The van der Waals surface area contributed by atoms with E-state index < -0.39 is 7.44 Å². The molecule has 0 aliphatic carbocycles. The van der Waals surface area contributed by atoms with E-state index in [-0.39, 0.29) is 11.1 Å². The van der Waals surface area contributed by atoms with Crippen LogP contribution in [0.3, 0.4) is 0 Å². The highest BCUT2D eigenvalue weighted by Crippen LogP contribution is 2.39. The first kappa shape index (κ1) is 15.4. The lowest BCUT2D eigenvalue weighted by molar-refractivity contribution is 0.454. The Balaban J connectivity index is 3.14. The minimum absolute atomic E-state index is 0.219. The fourth-order valence-electron chi connectivity index (χ4n) is 1.74. The first-order chi connectivity index (χ1) is 8.02.